The Labute approximate surface area is 162 Å². The van der Waals surface area contributed by atoms with Gasteiger partial charge in [-0.05, 0) is 86.0 Å². The second kappa shape index (κ2) is 6.18. The van der Waals surface area contributed by atoms with Crippen LogP contribution >= 0.6 is 0 Å². The van der Waals surface area contributed by atoms with Crippen LogP contribution in [0.5, 0.6) is 0 Å². The first kappa shape index (κ1) is 17.9. The number of allylic oxidation sites excluding steroid dienone is 1. The zero-order valence-corrected chi connectivity index (χ0v) is 16.7. The van der Waals surface area contributed by atoms with Gasteiger partial charge in [0.15, 0.2) is 0 Å². The van der Waals surface area contributed by atoms with E-state index in [0.29, 0.717) is 16.7 Å². The molecule has 0 spiro atoms. The Balaban J connectivity index is 1.44. The molecular weight excluding hydrogens is 336 g/mol. The summed E-state index contributed by atoms with van der Waals surface area (Å²) in [5.41, 5.74) is 4.23. The zero-order chi connectivity index (χ0) is 18.8. The maximum Gasteiger partial charge on any atom is 0.0847 e. The Hall–Kier alpha value is -1.13. The number of rotatable bonds is 2. The monoisotopic (exact) mass is 370 g/mol. The van der Waals surface area contributed by atoms with Crippen LogP contribution in [0.25, 0.3) is 0 Å². The topological polar surface area (TPSA) is 69.1 Å². The molecule has 7 unspecified atom stereocenters. The van der Waals surface area contributed by atoms with Gasteiger partial charge < -0.3 is 10.2 Å². The van der Waals surface area contributed by atoms with E-state index in [1.165, 1.54) is 44.2 Å². The Morgan fingerprint density at radius 1 is 1.11 bits per heavy atom. The standard InChI is InChI=1S/C23H34N2O2/c1-22-9-7-16(27)11-14(22)3-4-17-18-5-6-20(21-12-15(13-26)24-25-21)23(18,2)10-8-19(17)22/h11-12,16-20,26-27H,3-10,13H2,1-2H3,(H,24,25). The summed E-state index contributed by atoms with van der Waals surface area (Å²) in [5.74, 6) is 2.93. The Morgan fingerprint density at radius 2 is 1.96 bits per heavy atom. The van der Waals surface area contributed by atoms with Gasteiger partial charge in [0.1, 0.15) is 0 Å². The minimum atomic E-state index is -0.213. The number of H-pyrrole nitrogens is 1. The molecule has 0 amide bonds. The van der Waals surface area contributed by atoms with E-state index in [4.69, 9.17) is 0 Å². The molecule has 0 aromatic carbocycles. The number of aliphatic hydroxyl groups excluding tert-OH is 2. The van der Waals surface area contributed by atoms with E-state index in [9.17, 15) is 10.2 Å². The Bertz CT molecular complexity index is 755. The number of nitrogens with one attached hydrogen (secondary N) is 1. The highest BCUT2D eigenvalue weighted by atomic mass is 16.3. The molecule has 0 saturated heterocycles. The van der Waals surface area contributed by atoms with E-state index >= 15 is 0 Å². The van der Waals surface area contributed by atoms with Crippen molar-refractivity contribution in [3.63, 3.8) is 0 Å². The van der Waals surface area contributed by atoms with E-state index in [-0.39, 0.29) is 12.7 Å². The van der Waals surface area contributed by atoms with Crippen molar-refractivity contribution in [3.8, 4) is 0 Å². The van der Waals surface area contributed by atoms with E-state index in [2.05, 4.69) is 36.2 Å². The minimum Gasteiger partial charge on any atom is -0.390 e. The van der Waals surface area contributed by atoms with E-state index < -0.39 is 0 Å². The second-order valence-electron chi connectivity index (χ2n) is 10.3. The van der Waals surface area contributed by atoms with Gasteiger partial charge in [0.05, 0.1) is 24.1 Å². The van der Waals surface area contributed by atoms with Gasteiger partial charge in [-0.2, -0.15) is 5.10 Å². The van der Waals surface area contributed by atoms with Crippen molar-refractivity contribution in [2.45, 2.75) is 83.8 Å². The summed E-state index contributed by atoms with van der Waals surface area (Å²) >= 11 is 0. The molecule has 4 heteroatoms. The van der Waals surface area contributed by atoms with Crippen LogP contribution in [-0.2, 0) is 6.61 Å². The van der Waals surface area contributed by atoms with Gasteiger partial charge >= 0.3 is 0 Å². The summed E-state index contributed by atoms with van der Waals surface area (Å²) in [6.45, 7) is 5.07. The fourth-order valence-corrected chi connectivity index (χ4v) is 7.83. The number of hydrogen-bond acceptors (Lipinski definition) is 3. The highest BCUT2D eigenvalue weighted by Gasteiger charge is 2.59. The number of fused-ring (bicyclic) bond motifs is 5. The normalized spacial score (nSPS) is 46.4. The molecule has 1 aromatic heterocycles. The van der Waals surface area contributed by atoms with Crippen LogP contribution in [0.15, 0.2) is 17.7 Å². The predicted octanol–water partition coefficient (Wildman–Crippen LogP) is 4.31. The number of hydrogen-bond donors (Lipinski definition) is 3. The lowest BCUT2D eigenvalue weighted by atomic mass is 9.46. The summed E-state index contributed by atoms with van der Waals surface area (Å²) in [4.78, 5) is 0. The largest absolute Gasteiger partial charge is 0.390 e. The van der Waals surface area contributed by atoms with E-state index in [1.54, 1.807) is 5.57 Å². The molecule has 1 aromatic rings. The summed E-state index contributed by atoms with van der Waals surface area (Å²) in [6, 6.07) is 2.09. The quantitative estimate of drug-likeness (QED) is 0.680. The van der Waals surface area contributed by atoms with Crippen LogP contribution in [0.3, 0.4) is 0 Å². The Morgan fingerprint density at radius 3 is 2.74 bits per heavy atom. The molecule has 1 heterocycles. The fraction of sp³-hybridized carbons (Fsp3) is 0.783. The number of nitrogens with zero attached hydrogens (tertiary/aromatic N) is 1. The van der Waals surface area contributed by atoms with Gasteiger partial charge in [-0.15, -0.1) is 0 Å². The minimum absolute atomic E-state index is 0.0455. The van der Waals surface area contributed by atoms with Gasteiger partial charge in [0, 0.05) is 5.92 Å². The van der Waals surface area contributed by atoms with Crippen LogP contribution in [0.1, 0.15) is 82.5 Å². The first-order valence-corrected chi connectivity index (χ1v) is 11.0. The lowest BCUT2D eigenvalue weighted by Gasteiger charge is -2.58. The summed E-state index contributed by atoms with van der Waals surface area (Å²) in [5, 5.41) is 27.1. The highest BCUT2D eigenvalue weighted by molar-refractivity contribution is 5.27. The average Bonchev–Trinajstić information content (AvgIpc) is 3.25. The molecule has 4 nitrogen and oxygen atoms in total. The van der Waals surface area contributed by atoms with E-state index in [0.717, 1.165) is 36.3 Å². The third-order valence-corrected chi connectivity index (χ3v) is 9.27. The first-order valence-electron chi connectivity index (χ1n) is 11.0. The predicted molar refractivity (Wildman–Crippen MR) is 105 cm³/mol. The molecule has 0 radical (unpaired) electrons. The lowest BCUT2D eigenvalue weighted by Crippen LogP contribution is -2.50. The molecular formula is C23H34N2O2. The molecule has 3 N–H and O–H groups in total. The van der Waals surface area contributed by atoms with E-state index in [1.807, 2.05) is 0 Å². The van der Waals surface area contributed by atoms with Crippen molar-refractivity contribution >= 4 is 0 Å². The zero-order valence-electron chi connectivity index (χ0n) is 16.7. The Kier molecular flexibility index (Phi) is 4.11. The van der Waals surface area contributed by atoms with Crippen LogP contribution in [0.4, 0.5) is 0 Å². The van der Waals surface area contributed by atoms with Crippen LogP contribution in [-0.4, -0.2) is 26.5 Å². The average molecular weight is 371 g/mol. The molecule has 148 valence electrons. The maximum absolute atomic E-state index is 10.1. The van der Waals surface area contributed by atoms with Crippen LogP contribution in [0.2, 0.25) is 0 Å². The number of aromatic amines is 1. The summed E-state index contributed by atoms with van der Waals surface area (Å²) in [7, 11) is 0. The van der Waals surface area contributed by atoms with Crippen LogP contribution < -0.4 is 0 Å². The second-order valence-corrected chi connectivity index (χ2v) is 10.3. The molecule has 3 fully saturated rings. The first-order chi connectivity index (χ1) is 13.0. The van der Waals surface area contributed by atoms with Crippen molar-refractivity contribution in [1.29, 1.82) is 0 Å². The molecule has 7 atom stereocenters. The third kappa shape index (κ3) is 2.52. The molecule has 5 rings (SSSR count). The van der Waals surface area contributed by atoms with Gasteiger partial charge in [0.2, 0.25) is 0 Å². The fourth-order valence-electron chi connectivity index (χ4n) is 7.83. The third-order valence-electron chi connectivity index (χ3n) is 9.27. The van der Waals surface area contributed by atoms with Crippen molar-refractivity contribution < 1.29 is 10.2 Å². The van der Waals surface area contributed by atoms with Gasteiger partial charge in [-0.25, -0.2) is 0 Å². The van der Waals surface area contributed by atoms with Crippen molar-refractivity contribution in [2.24, 2.45) is 28.6 Å². The molecule has 27 heavy (non-hydrogen) atoms. The SMILES string of the molecule is CC12CCC(O)C=C1CCC1C2CCC2(C)C(c3cc(CO)[nH]n3)CCC12. The van der Waals surface area contributed by atoms with Gasteiger partial charge in [-0.1, -0.05) is 25.5 Å². The smallest absolute Gasteiger partial charge is 0.0847 e. The van der Waals surface area contributed by atoms with Crippen molar-refractivity contribution in [1.82, 2.24) is 10.2 Å². The molecule has 0 bridgehead atoms. The van der Waals surface area contributed by atoms with Crippen molar-refractivity contribution in [2.75, 3.05) is 0 Å². The van der Waals surface area contributed by atoms with Crippen LogP contribution in [0, 0.1) is 28.6 Å². The lowest BCUT2D eigenvalue weighted by molar-refractivity contribution is -0.0465. The summed E-state index contributed by atoms with van der Waals surface area (Å²) < 4.78 is 0. The number of aromatic nitrogens is 2. The maximum atomic E-state index is 10.1. The molecule has 0 aliphatic heterocycles. The molecule has 4 aliphatic rings. The summed E-state index contributed by atoms with van der Waals surface area (Å²) in [6.07, 6.45) is 11.7. The number of aliphatic hydroxyl groups is 2. The van der Waals surface area contributed by atoms with Gasteiger partial charge in [-0.3, -0.25) is 5.10 Å². The van der Waals surface area contributed by atoms with Gasteiger partial charge in [0.25, 0.3) is 0 Å². The molecule has 4 aliphatic carbocycles. The van der Waals surface area contributed by atoms with Crippen molar-refractivity contribution in [3.05, 3.63) is 29.1 Å². The highest BCUT2D eigenvalue weighted by Crippen LogP contribution is 2.68. The molecule has 3 saturated carbocycles.